The highest BCUT2D eigenvalue weighted by atomic mass is 16.2. The fraction of sp³-hybridized carbons (Fsp3) is 0.200. The average Bonchev–Trinajstić information content (AvgIpc) is 3.04. The van der Waals surface area contributed by atoms with Gasteiger partial charge in [-0.3, -0.25) is 4.79 Å². The standard InChI is InChI=1S/C15H16N4O/c1-10(16-15(20)13-8-5-9-19(13)2)14-17-11-6-3-4-7-12(11)18-14/h3-10H,1-2H3,(H,16,20)(H,17,18). The van der Waals surface area contributed by atoms with Crippen molar-refractivity contribution < 1.29 is 4.79 Å². The summed E-state index contributed by atoms with van der Waals surface area (Å²) >= 11 is 0. The first-order chi connectivity index (χ1) is 9.65. The van der Waals surface area contributed by atoms with Crippen LogP contribution >= 0.6 is 0 Å². The van der Waals surface area contributed by atoms with Gasteiger partial charge in [0.15, 0.2) is 0 Å². The van der Waals surface area contributed by atoms with Crippen LogP contribution in [0.5, 0.6) is 0 Å². The average molecular weight is 268 g/mol. The molecule has 0 spiro atoms. The Balaban J connectivity index is 1.80. The van der Waals surface area contributed by atoms with Crippen molar-refractivity contribution in [3.05, 3.63) is 54.1 Å². The number of rotatable bonds is 3. The molecule has 5 heteroatoms. The molecular weight excluding hydrogens is 252 g/mol. The number of fused-ring (bicyclic) bond motifs is 1. The molecule has 0 radical (unpaired) electrons. The molecule has 2 heterocycles. The molecule has 2 aromatic heterocycles. The van der Waals surface area contributed by atoms with Crippen LogP contribution in [0.2, 0.25) is 0 Å². The molecular formula is C15H16N4O. The SMILES string of the molecule is CC(NC(=O)c1cccn1C)c1nc2ccccc2[nH]1. The smallest absolute Gasteiger partial charge is 0.268 e. The van der Waals surface area contributed by atoms with Crippen LogP contribution in [0.25, 0.3) is 11.0 Å². The zero-order valence-corrected chi connectivity index (χ0v) is 11.4. The number of nitrogens with one attached hydrogen (secondary N) is 2. The van der Waals surface area contributed by atoms with Gasteiger partial charge in [0, 0.05) is 13.2 Å². The zero-order valence-electron chi connectivity index (χ0n) is 11.4. The van der Waals surface area contributed by atoms with Crippen molar-refractivity contribution in [1.29, 1.82) is 0 Å². The molecule has 1 atom stereocenters. The molecule has 20 heavy (non-hydrogen) atoms. The number of imidazole rings is 1. The van der Waals surface area contributed by atoms with E-state index in [0.29, 0.717) is 5.69 Å². The first-order valence-electron chi connectivity index (χ1n) is 6.52. The Morgan fingerprint density at radius 1 is 1.30 bits per heavy atom. The molecule has 3 rings (SSSR count). The third-order valence-corrected chi connectivity index (χ3v) is 3.34. The molecule has 1 amide bonds. The predicted octanol–water partition coefficient (Wildman–Crippen LogP) is 2.39. The van der Waals surface area contributed by atoms with E-state index in [9.17, 15) is 4.79 Å². The van der Waals surface area contributed by atoms with Crippen LogP contribution < -0.4 is 5.32 Å². The second kappa shape index (κ2) is 4.85. The van der Waals surface area contributed by atoms with E-state index in [1.165, 1.54) is 0 Å². The van der Waals surface area contributed by atoms with Gasteiger partial charge in [-0.2, -0.15) is 0 Å². The Morgan fingerprint density at radius 2 is 2.10 bits per heavy atom. The van der Waals surface area contributed by atoms with Gasteiger partial charge in [0.2, 0.25) is 0 Å². The maximum atomic E-state index is 12.2. The maximum absolute atomic E-state index is 12.2. The fourth-order valence-corrected chi connectivity index (χ4v) is 2.21. The Kier molecular flexibility index (Phi) is 3.02. The van der Waals surface area contributed by atoms with E-state index < -0.39 is 0 Å². The summed E-state index contributed by atoms with van der Waals surface area (Å²) in [7, 11) is 1.85. The number of hydrogen-bond donors (Lipinski definition) is 2. The summed E-state index contributed by atoms with van der Waals surface area (Å²) in [6, 6.07) is 11.3. The van der Waals surface area contributed by atoms with Crippen molar-refractivity contribution in [1.82, 2.24) is 19.9 Å². The van der Waals surface area contributed by atoms with Gasteiger partial charge in [0.25, 0.3) is 5.91 Å². The first-order valence-corrected chi connectivity index (χ1v) is 6.52. The Bertz CT molecular complexity index is 723. The fourth-order valence-electron chi connectivity index (χ4n) is 2.21. The first kappa shape index (κ1) is 12.5. The molecule has 1 aromatic carbocycles. The zero-order chi connectivity index (χ0) is 14.1. The molecule has 0 aliphatic heterocycles. The van der Waals surface area contributed by atoms with Crippen molar-refractivity contribution in [2.45, 2.75) is 13.0 Å². The molecule has 102 valence electrons. The second-order valence-corrected chi connectivity index (χ2v) is 4.84. The van der Waals surface area contributed by atoms with Crippen LogP contribution in [0, 0.1) is 0 Å². The second-order valence-electron chi connectivity index (χ2n) is 4.84. The van der Waals surface area contributed by atoms with Gasteiger partial charge in [-0.1, -0.05) is 12.1 Å². The molecule has 0 saturated heterocycles. The molecule has 0 fully saturated rings. The normalized spacial score (nSPS) is 12.5. The van der Waals surface area contributed by atoms with Crippen molar-refractivity contribution >= 4 is 16.9 Å². The maximum Gasteiger partial charge on any atom is 0.268 e. The highest BCUT2D eigenvalue weighted by Gasteiger charge is 2.16. The summed E-state index contributed by atoms with van der Waals surface area (Å²) in [5, 5.41) is 2.95. The van der Waals surface area contributed by atoms with Crippen LogP contribution in [0.15, 0.2) is 42.6 Å². The lowest BCUT2D eigenvalue weighted by Gasteiger charge is -2.11. The molecule has 0 bridgehead atoms. The number of aromatic nitrogens is 3. The quantitative estimate of drug-likeness (QED) is 0.766. The van der Waals surface area contributed by atoms with Gasteiger partial charge in [-0.05, 0) is 31.2 Å². The van der Waals surface area contributed by atoms with E-state index in [4.69, 9.17) is 0 Å². The largest absolute Gasteiger partial charge is 0.347 e. The molecule has 0 saturated carbocycles. The minimum atomic E-state index is -0.176. The molecule has 2 N–H and O–H groups in total. The third-order valence-electron chi connectivity index (χ3n) is 3.34. The summed E-state index contributed by atoms with van der Waals surface area (Å²) in [5.74, 6) is 0.652. The van der Waals surface area contributed by atoms with E-state index >= 15 is 0 Å². The molecule has 3 aromatic rings. The van der Waals surface area contributed by atoms with Gasteiger partial charge in [0.1, 0.15) is 11.5 Å². The lowest BCUT2D eigenvalue weighted by atomic mass is 10.3. The minimum Gasteiger partial charge on any atom is -0.347 e. The minimum absolute atomic E-state index is 0.106. The molecule has 1 unspecified atom stereocenters. The Morgan fingerprint density at radius 3 is 2.80 bits per heavy atom. The summed E-state index contributed by atoms with van der Waals surface area (Å²) in [6.07, 6.45) is 1.85. The van der Waals surface area contributed by atoms with Gasteiger partial charge >= 0.3 is 0 Å². The van der Waals surface area contributed by atoms with E-state index in [2.05, 4.69) is 15.3 Å². The lowest BCUT2D eigenvalue weighted by molar-refractivity contribution is 0.0930. The number of para-hydroxylation sites is 2. The number of nitrogens with zero attached hydrogens (tertiary/aromatic N) is 2. The number of H-pyrrole nitrogens is 1. The summed E-state index contributed by atoms with van der Waals surface area (Å²) in [5.41, 5.74) is 2.51. The topological polar surface area (TPSA) is 62.7 Å². The molecule has 0 aliphatic rings. The Hall–Kier alpha value is -2.56. The number of aryl methyl sites for hydroxylation is 1. The van der Waals surface area contributed by atoms with Gasteiger partial charge < -0.3 is 14.9 Å². The number of amides is 1. The summed E-state index contributed by atoms with van der Waals surface area (Å²) < 4.78 is 1.79. The number of hydrogen-bond acceptors (Lipinski definition) is 2. The van der Waals surface area contributed by atoms with E-state index in [1.807, 2.05) is 50.5 Å². The number of benzene rings is 1. The van der Waals surface area contributed by atoms with Crippen molar-refractivity contribution in [3.63, 3.8) is 0 Å². The summed E-state index contributed by atoms with van der Waals surface area (Å²) in [6.45, 7) is 1.92. The van der Waals surface area contributed by atoms with E-state index in [1.54, 1.807) is 10.6 Å². The monoisotopic (exact) mass is 268 g/mol. The number of carbonyl (C=O) groups excluding carboxylic acids is 1. The van der Waals surface area contributed by atoms with E-state index in [-0.39, 0.29) is 11.9 Å². The van der Waals surface area contributed by atoms with Crippen LogP contribution in [0.3, 0.4) is 0 Å². The summed E-state index contributed by atoms with van der Waals surface area (Å²) in [4.78, 5) is 19.9. The van der Waals surface area contributed by atoms with Crippen LogP contribution in [0.1, 0.15) is 29.3 Å². The lowest BCUT2D eigenvalue weighted by Crippen LogP contribution is -2.28. The van der Waals surface area contributed by atoms with Crippen molar-refractivity contribution in [2.75, 3.05) is 0 Å². The van der Waals surface area contributed by atoms with Crippen molar-refractivity contribution in [2.24, 2.45) is 7.05 Å². The molecule has 0 aliphatic carbocycles. The van der Waals surface area contributed by atoms with Gasteiger partial charge in [-0.15, -0.1) is 0 Å². The number of aromatic amines is 1. The van der Waals surface area contributed by atoms with Gasteiger partial charge in [0.05, 0.1) is 17.1 Å². The highest BCUT2D eigenvalue weighted by molar-refractivity contribution is 5.93. The van der Waals surface area contributed by atoms with Crippen LogP contribution in [-0.4, -0.2) is 20.4 Å². The van der Waals surface area contributed by atoms with E-state index in [0.717, 1.165) is 16.9 Å². The van der Waals surface area contributed by atoms with Gasteiger partial charge in [-0.25, -0.2) is 4.98 Å². The number of carbonyl (C=O) groups is 1. The third kappa shape index (κ3) is 2.18. The predicted molar refractivity (Wildman–Crippen MR) is 77.4 cm³/mol. The molecule has 5 nitrogen and oxygen atoms in total. The Labute approximate surface area is 116 Å². The highest BCUT2D eigenvalue weighted by Crippen LogP contribution is 2.15. The van der Waals surface area contributed by atoms with Crippen LogP contribution in [0.4, 0.5) is 0 Å². The van der Waals surface area contributed by atoms with Crippen molar-refractivity contribution in [3.8, 4) is 0 Å². The van der Waals surface area contributed by atoms with Crippen LogP contribution in [-0.2, 0) is 7.05 Å².